The lowest BCUT2D eigenvalue weighted by atomic mass is 10.2. The van der Waals surface area contributed by atoms with Gasteiger partial charge in [-0.15, -0.1) is 4.40 Å². The molecule has 0 spiro atoms. The van der Waals surface area contributed by atoms with Crippen LogP contribution in [-0.2, 0) is 10.0 Å². The van der Waals surface area contributed by atoms with Crippen molar-refractivity contribution in [3.8, 4) is 0 Å². The Balaban J connectivity index is 1.82. The van der Waals surface area contributed by atoms with Crippen LogP contribution in [0.5, 0.6) is 0 Å². The maximum absolute atomic E-state index is 11.8. The molecule has 0 fully saturated rings. The van der Waals surface area contributed by atoms with E-state index in [0.29, 0.717) is 5.56 Å². The Kier molecular flexibility index (Phi) is 3.60. The third-order valence-corrected chi connectivity index (χ3v) is 4.75. The summed E-state index contributed by atoms with van der Waals surface area (Å²) in [5, 5.41) is 4.03. The van der Waals surface area contributed by atoms with Crippen LogP contribution < -0.4 is 5.43 Å². The van der Waals surface area contributed by atoms with E-state index in [1.165, 1.54) is 6.07 Å². The molecular formula is C14H10BrN3O2S. The molecule has 1 N–H and O–H groups in total. The number of benzene rings is 2. The van der Waals surface area contributed by atoms with Gasteiger partial charge in [0.05, 0.1) is 6.21 Å². The smallest absolute Gasteiger partial charge is 0.260 e. The molecule has 2 aromatic carbocycles. The molecule has 0 saturated heterocycles. The lowest BCUT2D eigenvalue weighted by Gasteiger charge is -2.00. The second-order valence-electron chi connectivity index (χ2n) is 4.33. The maximum atomic E-state index is 11.8. The molecule has 0 unspecified atom stereocenters. The predicted molar refractivity (Wildman–Crippen MR) is 85.0 cm³/mol. The summed E-state index contributed by atoms with van der Waals surface area (Å²) in [5.74, 6) is 0.235. The molecule has 7 heteroatoms. The Morgan fingerprint density at radius 2 is 1.81 bits per heavy atom. The molecule has 0 aliphatic carbocycles. The maximum Gasteiger partial charge on any atom is 0.285 e. The minimum atomic E-state index is -3.61. The van der Waals surface area contributed by atoms with Gasteiger partial charge in [-0.05, 0) is 29.8 Å². The van der Waals surface area contributed by atoms with Crippen molar-refractivity contribution in [2.24, 2.45) is 9.50 Å². The first-order valence-electron chi connectivity index (χ1n) is 6.05. The number of nitrogens with zero attached hydrogens (tertiary/aromatic N) is 2. The highest BCUT2D eigenvalue weighted by molar-refractivity contribution is 9.10. The Bertz CT molecular complexity index is 843. The quantitative estimate of drug-likeness (QED) is 0.658. The normalized spacial score (nSPS) is 15.8. The molecule has 2 aromatic rings. The molecule has 0 amide bonds. The van der Waals surface area contributed by atoms with Crippen LogP contribution in [-0.4, -0.2) is 20.5 Å². The van der Waals surface area contributed by atoms with Gasteiger partial charge in [-0.3, -0.25) is 5.43 Å². The molecular weight excluding hydrogens is 354 g/mol. The van der Waals surface area contributed by atoms with Crippen molar-refractivity contribution in [1.82, 2.24) is 5.43 Å². The van der Waals surface area contributed by atoms with Crippen LogP contribution in [0, 0.1) is 0 Å². The summed E-state index contributed by atoms with van der Waals surface area (Å²) in [6.07, 6.45) is 1.60. The zero-order chi connectivity index (χ0) is 14.9. The molecule has 0 radical (unpaired) electrons. The monoisotopic (exact) mass is 363 g/mol. The number of hydrogen-bond donors (Lipinski definition) is 1. The number of fused-ring (bicyclic) bond motifs is 1. The van der Waals surface area contributed by atoms with Gasteiger partial charge in [0.25, 0.3) is 10.0 Å². The van der Waals surface area contributed by atoms with E-state index in [1.54, 1.807) is 24.4 Å². The van der Waals surface area contributed by atoms with Gasteiger partial charge in [0.15, 0.2) is 5.84 Å². The molecule has 3 rings (SSSR count). The molecule has 1 aliphatic rings. The highest BCUT2D eigenvalue weighted by atomic mass is 79.9. The van der Waals surface area contributed by atoms with Crippen molar-refractivity contribution in [3.05, 3.63) is 64.1 Å². The SMILES string of the molecule is O=S1(=O)N=C(N/N=C\c2ccc(Br)cc2)c2ccccc21. The third-order valence-electron chi connectivity index (χ3n) is 2.89. The molecule has 106 valence electrons. The van der Waals surface area contributed by atoms with Crippen molar-refractivity contribution < 1.29 is 8.42 Å². The Labute approximate surface area is 130 Å². The minimum Gasteiger partial charge on any atom is -0.260 e. The van der Waals surface area contributed by atoms with Crippen LogP contribution in [0.4, 0.5) is 0 Å². The standard InChI is InChI=1S/C14H10BrN3O2S/c15-11-7-5-10(6-8-11)9-16-17-14-12-3-1-2-4-13(12)21(19,20)18-14/h1-9H,(H,17,18)/b16-9-. The summed E-state index contributed by atoms with van der Waals surface area (Å²) in [6, 6.07) is 14.2. The average Bonchev–Trinajstić information content (AvgIpc) is 2.73. The Morgan fingerprint density at radius 3 is 2.57 bits per heavy atom. The highest BCUT2D eigenvalue weighted by Crippen LogP contribution is 2.24. The first-order chi connectivity index (χ1) is 10.1. The molecule has 1 heterocycles. The average molecular weight is 364 g/mol. The van der Waals surface area contributed by atoms with E-state index in [-0.39, 0.29) is 10.7 Å². The topological polar surface area (TPSA) is 70.9 Å². The summed E-state index contributed by atoms with van der Waals surface area (Å²) in [7, 11) is -3.61. The number of amidine groups is 1. The van der Waals surface area contributed by atoms with E-state index in [1.807, 2.05) is 24.3 Å². The van der Waals surface area contributed by atoms with Crippen molar-refractivity contribution in [1.29, 1.82) is 0 Å². The van der Waals surface area contributed by atoms with Gasteiger partial charge in [-0.25, -0.2) is 0 Å². The fourth-order valence-corrected chi connectivity index (χ4v) is 3.34. The Hall–Kier alpha value is -1.99. The Morgan fingerprint density at radius 1 is 1.10 bits per heavy atom. The summed E-state index contributed by atoms with van der Waals surface area (Å²) in [6.45, 7) is 0. The van der Waals surface area contributed by atoms with Gasteiger partial charge < -0.3 is 0 Å². The number of nitrogens with one attached hydrogen (secondary N) is 1. The fraction of sp³-hybridized carbons (Fsp3) is 0. The van der Waals surface area contributed by atoms with Gasteiger partial charge >= 0.3 is 0 Å². The van der Waals surface area contributed by atoms with Gasteiger partial charge in [-0.2, -0.15) is 13.5 Å². The van der Waals surface area contributed by atoms with E-state index in [2.05, 4.69) is 30.9 Å². The molecule has 0 aromatic heterocycles. The summed E-state index contributed by atoms with van der Waals surface area (Å²) >= 11 is 3.35. The molecule has 5 nitrogen and oxygen atoms in total. The van der Waals surface area contributed by atoms with Crippen LogP contribution >= 0.6 is 15.9 Å². The zero-order valence-corrected chi connectivity index (χ0v) is 13.1. The van der Waals surface area contributed by atoms with Crippen molar-refractivity contribution in [2.75, 3.05) is 0 Å². The van der Waals surface area contributed by atoms with Crippen molar-refractivity contribution in [3.63, 3.8) is 0 Å². The lowest BCUT2D eigenvalue weighted by molar-refractivity contribution is 0.599. The zero-order valence-electron chi connectivity index (χ0n) is 10.7. The molecule has 21 heavy (non-hydrogen) atoms. The van der Waals surface area contributed by atoms with Crippen LogP contribution in [0.15, 0.2) is 67.4 Å². The van der Waals surface area contributed by atoms with E-state index in [9.17, 15) is 8.42 Å². The first kappa shape index (κ1) is 14.0. The number of sulfonamides is 1. The molecule has 0 bridgehead atoms. The second-order valence-corrected chi connectivity index (χ2v) is 6.82. The van der Waals surface area contributed by atoms with Gasteiger partial charge in [-0.1, -0.05) is 40.2 Å². The van der Waals surface area contributed by atoms with E-state index >= 15 is 0 Å². The number of hydrazone groups is 1. The van der Waals surface area contributed by atoms with E-state index in [0.717, 1.165) is 10.0 Å². The predicted octanol–water partition coefficient (Wildman–Crippen LogP) is 2.52. The number of rotatable bonds is 2. The van der Waals surface area contributed by atoms with Crippen LogP contribution in [0.3, 0.4) is 0 Å². The summed E-state index contributed by atoms with van der Waals surface area (Å²) < 4.78 is 28.4. The van der Waals surface area contributed by atoms with Crippen LogP contribution in [0.1, 0.15) is 11.1 Å². The van der Waals surface area contributed by atoms with Gasteiger partial charge in [0.2, 0.25) is 0 Å². The first-order valence-corrected chi connectivity index (χ1v) is 8.28. The van der Waals surface area contributed by atoms with Crippen molar-refractivity contribution in [2.45, 2.75) is 4.90 Å². The second kappa shape index (κ2) is 5.42. The van der Waals surface area contributed by atoms with E-state index in [4.69, 9.17) is 0 Å². The van der Waals surface area contributed by atoms with Crippen LogP contribution in [0.25, 0.3) is 0 Å². The van der Waals surface area contributed by atoms with Gasteiger partial charge in [0, 0.05) is 10.0 Å². The lowest BCUT2D eigenvalue weighted by Crippen LogP contribution is -2.17. The summed E-state index contributed by atoms with van der Waals surface area (Å²) in [4.78, 5) is 0.200. The van der Waals surface area contributed by atoms with E-state index < -0.39 is 10.0 Å². The number of halogens is 1. The fourth-order valence-electron chi connectivity index (χ4n) is 1.90. The minimum absolute atomic E-state index is 0.200. The highest BCUT2D eigenvalue weighted by Gasteiger charge is 2.27. The van der Waals surface area contributed by atoms with Gasteiger partial charge in [0.1, 0.15) is 4.90 Å². The molecule has 0 atom stereocenters. The number of hydrogen-bond acceptors (Lipinski definition) is 4. The van der Waals surface area contributed by atoms with Crippen LogP contribution in [0.2, 0.25) is 0 Å². The van der Waals surface area contributed by atoms with Crippen molar-refractivity contribution >= 4 is 38.0 Å². The summed E-state index contributed by atoms with van der Waals surface area (Å²) in [5.41, 5.74) is 4.11. The molecule has 1 aliphatic heterocycles. The third kappa shape index (κ3) is 2.88. The largest absolute Gasteiger partial charge is 0.285 e. The molecule has 0 saturated carbocycles.